The van der Waals surface area contributed by atoms with Crippen molar-refractivity contribution in [1.82, 2.24) is 0 Å². The number of rotatable bonds is 4. The van der Waals surface area contributed by atoms with Crippen LogP contribution >= 0.6 is 0 Å². The van der Waals surface area contributed by atoms with Crippen molar-refractivity contribution in [3.05, 3.63) is 35.4 Å². The van der Waals surface area contributed by atoms with Gasteiger partial charge in [0.05, 0.1) is 0 Å². The second-order valence-electron chi connectivity index (χ2n) is 5.98. The molecule has 0 spiro atoms. The van der Waals surface area contributed by atoms with Crippen LogP contribution in [0.4, 0.5) is 4.39 Å². The predicted molar refractivity (Wildman–Crippen MR) is 73.3 cm³/mol. The summed E-state index contributed by atoms with van der Waals surface area (Å²) in [4.78, 5) is 0. The Kier molecular flexibility index (Phi) is 4.35. The first-order valence-corrected chi connectivity index (χ1v) is 6.59. The summed E-state index contributed by atoms with van der Waals surface area (Å²) in [5, 5.41) is 0. The van der Waals surface area contributed by atoms with E-state index in [1.54, 1.807) is 0 Å². The summed E-state index contributed by atoms with van der Waals surface area (Å²) in [7, 11) is 0. The minimum absolute atomic E-state index is 0.168. The molecule has 0 aliphatic heterocycles. The van der Waals surface area contributed by atoms with Gasteiger partial charge in [-0.2, -0.15) is 0 Å². The van der Waals surface area contributed by atoms with E-state index in [0.29, 0.717) is 19.3 Å². The molecule has 17 heavy (non-hydrogen) atoms. The van der Waals surface area contributed by atoms with Crippen LogP contribution in [0.2, 0.25) is 0 Å². The van der Waals surface area contributed by atoms with Crippen molar-refractivity contribution in [2.45, 2.75) is 65.0 Å². The molecule has 1 aromatic carbocycles. The van der Waals surface area contributed by atoms with Crippen molar-refractivity contribution in [3.63, 3.8) is 0 Å². The zero-order chi connectivity index (χ0) is 13.1. The van der Waals surface area contributed by atoms with E-state index in [4.69, 9.17) is 0 Å². The van der Waals surface area contributed by atoms with Crippen LogP contribution in [0.3, 0.4) is 0 Å². The maximum atomic E-state index is 14.3. The molecule has 0 aliphatic carbocycles. The van der Waals surface area contributed by atoms with E-state index in [-0.39, 0.29) is 5.41 Å². The fourth-order valence-corrected chi connectivity index (χ4v) is 1.99. The first-order valence-electron chi connectivity index (χ1n) is 6.59. The highest BCUT2D eigenvalue weighted by atomic mass is 19.1. The summed E-state index contributed by atoms with van der Waals surface area (Å²) in [6.07, 6.45) is 1.71. The minimum Gasteiger partial charge on any atom is -0.244 e. The molecule has 0 heterocycles. The number of hydrogen-bond acceptors (Lipinski definition) is 0. The zero-order valence-electron chi connectivity index (χ0n) is 11.8. The molecule has 1 heteroatoms. The normalized spacial score (nSPS) is 12.8. The van der Waals surface area contributed by atoms with Gasteiger partial charge in [0.2, 0.25) is 0 Å². The Hall–Kier alpha value is -0.850. The largest absolute Gasteiger partial charge is 0.244 e. The fourth-order valence-electron chi connectivity index (χ4n) is 1.99. The average Bonchev–Trinajstić information content (AvgIpc) is 2.28. The molecule has 0 aliphatic rings. The third-order valence-corrected chi connectivity index (χ3v) is 3.61. The lowest BCUT2D eigenvalue weighted by molar-refractivity contribution is 0.151. The Labute approximate surface area is 105 Å². The van der Waals surface area contributed by atoms with E-state index < -0.39 is 5.67 Å². The molecule has 0 radical (unpaired) electrons. The van der Waals surface area contributed by atoms with Crippen LogP contribution < -0.4 is 0 Å². The highest BCUT2D eigenvalue weighted by Gasteiger charge is 2.25. The molecule has 0 unspecified atom stereocenters. The van der Waals surface area contributed by atoms with Crippen molar-refractivity contribution in [1.29, 1.82) is 0 Å². The SMILES string of the molecule is CCC(F)(CC)Cc1ccc(C(C)(C)C)cc1. The van der Waals surface area contributed by atoms with Crippen LogP contribution in [-0.4, -0.2) is 5.67 Å². The summed E-state index contributed by atoms with van der Waals surface area (Å²) >= 11 is 0. The fraction of sp³-hybridized carbons (Fsp3) is 0.625. The van der Waals surface area contributed by atoms with Gasteiger partial charge in [-0.1, -0.05) is 58.9 Å². The lowest BCUT2D eigenvalue weighted by Gasteiger charge is -2.23. The van der Waals surface area contributed by atoms with Crippen LogP contribution in [-0.2, 0) is 11.8 Å². The zero-order valence-corrected chi connectivity index (χ0v) is 11.8. The first-order chi connectivity index (χ1) is 7.80. The van der Waals surface area contributed by atoms with Crippen LogP contribution in [0.15, 0.2) is 24.3 Å². The van der Waals surface area contributed by atoms with E-state index in [1.165, 1.54) is 5.56 Å². The lowest BCUT2D eigenvalue weighted by atomic mass is 9.85. The van der Waals surface area contributed by atoms with Gasteiger partial charge in [0, 0.05) is 6.42 Å². The lowest BCUT2D eigenvalue weighted by Crippen LogP contribution is -2.23. The number of halogens is 1. The van der Waals surface area contributed by atoms with Gasteiger partial charge < -0.3 is 0 Å². The van der Waals surface area contributed by atoms with Gasteiger partial charge in [-0.25, -0.2) is 4.39 Å². The van der Waals surface area contributed by atoms with Crippen molar-refractivity contribution in [2.24, 2.45) is 0 Å². The number of alkyl halides is 1. The van der Waals surface area contributed by atoms with E-state index in [1.807, 2.05) is 13.8 Å². The third kappa shape index (κ3) is 3.83. The smallest absolute Gasteiger partial charge is 0.114 e. The molecule has 0 saturated heterocycles. The molecule has 96 valence electrons. The van der Waals surface area contributed by atoms with Gasteiger partial charge in [-0.3, -0.25) is 0 Å². The van der Waals surface area contributed by atoms with E-state index in [9.17, 15) is 4.39 Å². The number of hydrogen-bond donors (Lipinski definition) is 0. The third-order valence-electron chi connectivity index (χ3n) is 3.61. The van der Waals surface area contributed by atoms with Gasteiger partial charge in [0.25, 0.3) is 0 Å². The first kappa shape index (κ1) is 14.2. The quantitative estimate of drug-likeness (QED) is 0.686. The van der Waals surface area contributed by atoms with Crippen molar-refractivity contribution >= 4 is 0 Å². The topological polar surface area (TPSA) is 0 Å². The minimum atomic E-state index is -1.04. The summed E-state index contributed by atoms with van der Waals surface area (Å²) in [6.45, 7) is 10.4. The summed E-state index contributed by atoms with van der Waals surface area (Å²) in [6, 6.07) is 8.39. The summed E-state index contributed by atoms with van der Waals surface area (Å²) < 4.78 is 14.3. The Balaban J connectivity index is 2.82. The molecule has 0 bridgehead atoms. The molecule has 0 nitrogen and oxygen atoms in total. The highest BCUT2D eigenvalue weighted by molar-refractivity contribution is 5.28. The van der Waals surface area contributed by atoms with Gasteiger partial charge in [-0.05, 0) is 29.4 Å². The average molecular weight is 236 g/mol. The molecule has 0 aromatic heterocycles. The van der Waals surface area contributed by atoms with Gasteiger partial charge >= 0.3 is 0 Å². The highest BCUT2D eigenvalue weighted by Crippen LogP contribution is 2.27. The Bertz CT molecular complexity index is 339. The standard InChI is InChI=1S/C16H25F/c1-6-16(17,7-2)12-13-8-10-14(11-9-13)15(3,4)5/h8-11H,6-7,12H2,1-5H3. The predicted octanol–water partition coefficient (Wildman–Crippen LogP) is 5.05. The Morgan fingerprint density at radius 2 is 1.41 bits per heavy atom. The van der Waals surface area contributed by atoms with E-state index >= 15 is 0 Å². The van der Waals surface area contributed by atoms with Gasteiger partial charge in [0.1, 0.15) is 5.67 Å². The van der Waals surface area contributed by atoms with Gasteiger partial charge in [-0.15, -0.1) is 0 Å². The van der Waals surface area contributed by atoms with Crippen LogP contribution in [0.5, 0.6) is 0 Å². The summed E-state index contributed by atoms with van der Waals surface area (Å²) in [5.41, 5.74) is 1.53. The molecule has 1 aromatic rings. The van der Waals surface area contributed by atoms with Crippen LogP contribution in [0.25, 0.3) is 0 Å². The molecule has 0 saturated carbocycles. The Morgan fingerprint density at radius 3 is 1.76 bits per heavy atom. The maximum Gasteiger partial charge on any atom is 0.114 e. The van der Waals surface area contributed by atoms with Crippen LogP contribution in [0, 0.1) is 0 Å². The summed E-state index contributed by atoms with van der Waals surface area (Å²) in [5.74, 6) is 0. The molecule has 0 atom stereocenters. The molecular formula is C16H25F. The second kappa shape index (κ2) is 5.20. The monoisotopic (exact) mass is 236 g/mol. The van der Waals surface area contributed by atoms with E-state index in [0.717, 1.165) is 5.56 Å². The molecule has 0 fully saturated rings. The molecule has 0 amide bonds. The molecule has 0 N–H and O–H groups in total. The molecule has 1 rings (SSSR count). The van der Waals surface area contributed by atoms with Crippen molar-refractivity contribution < 1.29 is 4.39 Å². The van der Waals surface area contributed by atoms with Crippen LogP contribution in [0.1, 0.15) is 58.6 Å². The van der Waals surface area contributed by atoms with Crippen molar-refractivity contribution in [2.75, 3.05) is 0 Å². The van der Waals surface area contributed by atoms with Crippen molar-refractivity contribution in [3.8, 4) is 0 Å². The van der Waals surface area contributed by atoms with Gasteiger partial charge in [0.15, 0.2) is 0 Å². The number of benzene rings is 1. The van der Waals surface area contributed by atoms with E-state index in [2.05, 4.69) is 45.0 Å². The Morgan fingerprint density at radius 1 is 0.941 bits per heavy atom. The second-order valence-corrected chi connectivity index (χ2v) is 5.98. The maximum absolute atomic E-state index is 14.3. The molecular weight excluding hydrogens is 211 g/mol.